The molecule has 686 valence electrons. The van der Waals surface area contributed by atoms with E-state index in [2.05, 4.69) is 305 Å². The van der Waals surface area contributed by atoms with E-state index in [1.807, 2.05) is 90.6 Å². The minimum atomic E-state index is 0.195. The van der Waals surface area contributed by atoms with Gasteiger partial charge in [0.2, 0.25) is 5.91 Å². The average molecular weight is 1680 g/mol. The Morgan fingerprint density at radius 1 is 0.380 bits per heavy atom. The standard InChI is InChI=1S/C19H25NO.C19H23NO.C13H26N2O2.C12H25NO.C12H18O.C10H21NO.C10H19NO.C9H19NO/c1-14(2)20-13-16-5-7-17(8-6-16)18-9-11-19(12-10-18)21-15(3)4;1-14(2)20-11-5-6-16-7-8-18-13-19(21-15(3)4)10-9-17(18)12-16;1-10(2)14-9-13(16)15-7-5-12(6-8-15)17-11(3)4;1-9(2)13-11-5-7-12(8-6-11)14-10(3)4;1-9(2)11-5-7-12(8-6-11)13-10(3)4;1-8(2)11-6-5-10(7-11)12-9(3)4;1-9(2)11-7-5-6-8-12-10(3)4;1-7(2)10-5-9(6-10)11-8(3)4/h5-12,14-15,20H,13H2,1-4H3;7-10,12-15,20H,11H2,1-4H3;10-12,14H,5-9H2,1-4H3;9-13H,5-8H2,1-4H3;5-10H,1-4H3;8-10H,5-7H2,1-4H3;9-11H,7-8H2,1-4H3;7-9H,5-6H2,1-4H3. The zero-order valence-electron chi connectivity index (χ0n) is 82.3. The highest BCUT2D eigenvalue weighted by atomic mass is 16.5. The predicted molar refractivity (Wildman–Crippen MR) is 515 cm³/mol. The van der Waals surface area contributed by atoms with Crippen LogP contribution >= 0.6 is 0 Å². The number of hydrogen-bond donors (Lipinski definition) is 5. The maximum absolute atomic E-state index is 11.9. The molecule has 3 saturated heterocycles. The third-order valence-corrected chi connectivity index (χ3v) is 19.4. The number of nitrogens with zero attached hydrogens (tertiary/aromatic N) is 3. The molecule has 5 aromatic carbocycles. The molecule has 0 aromatic heterocycles. The van der Waals surface area contributed by atoms with E-state index in [4.69, 9.17) is 37.9 Å². The molecule has 17 heteroatoms. The lowest BCUT2D eigenvalue weighted by Gasteiger charge is -2.42. The summed E-state index contributed by atoms with van der Waals surface area (Å²) in [5.74, 6) is 15.9. The second kappa shape index (κ2) is 62.9. The van der Waals surface area contributed by atoms with Gasteiger partial charge < -0.3 is 69.4 Å². The van der Waals surface area contributed by atoms with Gasteiger partial charge in [0.1, 0.15) is 23.9 Å². The van der Waals surface area contributed by atoms with Crippen LogP contribution in [0.1, 0.15) is 289 Å². The molecule has 17 nitrogen and oxygen atoms in total. The Kier molecular flexibility index (Phi) is 57.7. The fraction of sp³-hybridized carbons (Fsp3) is 0.683. The van der Waals surface area contributed by atoms with E-state index >= 15 is 0 Å². The molecule has 0 spiro atoms. The molecule has 4 fully saturated rings. The van der Waals surface area contributed by atoms with Crippen LogP contribution in [0.5, 0.6) is 17.2 Å². The third-order valence-electron chi connectivity index (χ3n) is 19.4. The molecule has 0 radical (unpaired) electrons. The molecule has 121 heavy (non-hydrogen) atoms. The minimum Gasteiger partial charge on any atom is -0.491 e. The molecule has 5 N–H and O–H groups in total. The van der Waals surface area contributed by atoms with Crippen molar-refractivity contribution >= 4 is 16.7 Å². The van der Waals surface area contributed by atoms with E-state index in [9.17, 15) is 4.79 Å². The van der Waals surface area contributed by atoms with Gasteiger partial charge in [-0.2, -0.15) is 0 Å². The smallest absolute Gasteiger partial charge is 0.236 e. The highest BCUT2D eigenvalue weighted by Gasteiger charge is 2.30. The number of rotatable bonds is 32. The van der Waals surface area contributed by atoms with Gasteiger partial charge in [-0.05, 0) is 299 Å². The van der Waals surface area contributed by atoms with Gasteiger partial charge in [0, 0.05) is 99.7 Å². The Morgan fingerprint density at radius 2 is 0.802 bits per heavy atom. The molecule has 1 atom stereocenters. The van der Waals surface area contributed by atoms with E-state index < -0.39 is 0 Å². The van der Waals surface area contributed by atoms with E-state index in [-0.39, 0.29) is 36.4 Å². The Bertz CT molecular complexity index is 3510. The fourth-order valence-electron chi connectivity index (χ4n) is 13.3. The quantitative estimate of drug-likeness (QED) is 0.0259. The molecule has 1 amide bonds. The number of fused-ring (bicyclic) bond motifs is 1. The maximum atomic E-state index is 11.9. The molecule has 4 aliphatic rings. The zero-order valence-corrected chi connectivity index (χ0v) is 82.3. The summed E-state index contributed by atoms with van der Waals surface area (Å²) in [7, 11) is 0. The third kappa shape index (κ3) is 55.1. The Hall–Kier alpha value is -6.13. The van der Waals surface area contributed by atoms with Crippen LogP contribution in [0.2, 0.25) is 0 Å². The summed E-state index contributed by atoms with van der Waals surface area (Å²) >= 11 is 0. The minimum absolute atomic E-state index is 0.195. The lowest BCUT2D eigenvalue weighted by molar-refractivity contribution is -0.133. The summed E-state index contributed by atoms with van der Waals surface area (Å²) in [4.78, 5) is 18.7. The molecule has 9 rings (SSSR count). The van der Waals surface area contributed by atoms with Crippen molar-refractivity contribution in [2.24, 2.45) is 0 Å². The van der Waals surface area contributed by atoms with Crippen molar-refractivity contribution in [3.05, 3.63) is 126 Å². The van der Waals surface area contributed by atoms with Crippen LogP contribution in [0, 0.1) is 23.7 Å². The normalized spacial score (nSPS) is 16.4. The number of carbonyl (C=O) groups excluding carboxylic acids is 1. The summed E-state index contributed by atoms with van der Waals surface area (Å²) in [5.41, 5.74) is 6.17. The van der Waals surface area contributed by atoms with Gasteiger partial charge in [0.05, 0.1) is 92.9 Å². The van der Waals surface area contributed by atoms with Gasteiger partial charge in [-0.1, -0.05) is 140 Å². The molecular formula is C104H176N8O9. The Labute approximate surface area is 740 Å². The number of carbonyl (C=O) groups is 1. The van der Waals surface area contributed by atoms with Gasteiger partial charge in [0.25, 0.3) is 0 Å². The number of benzene rings is 5. The summed E-state index contributed by atoms with van der Waals surface area (Å²) < 4.78 is 45.1. The van der Waals surface area contributed by atoms with Crippen LogP contribution in [0.3, 0.4) is 0 Å². The van der Waals surface area contributed by atoms with E-state index in [0.29, 0.717) is 104 Å². The second-order valence-electron chi connectivity index (χ2n) is 37.1. The largest absolute Gasteiger partial charge is 0.491 e. The number of likely N-dealkylation sites (tertiary alicyclic amines) is 3. The molecule has 5 aromatic rings. The first kappa shape index (κ1) is 111. The highest BCUT2D eigenvalue weighted by Crippen LogP contribution is 2.27. The van der Waals surface area contributed by atoms with Crippen LogP contribution < -0.4 is 40.8 Å². The van der Waals surface area contributed by atoms with Gasteiger partial charge >= 0.3 is 0 Å². The summed E-state index contributed by atoms with van der Waals surface area (Å²) in [6.45, 7) is 77.3. The van der Waals surface area contributed by atoms with Crippen LogP contribution in [0.25, 0.3) is 21.9 Å². The number of amides is 1. The molecule has 3 heterocycles. The van der Waals surface area contributed by atoms with Gasteiger partial charge in [-0.3, -0.25) is 14.6 Å². The lowest BCUT2D eigenvalue weighted by atomic mass is 9.92. The maximum Gasteiger partial charge on any atom is 0.236 e. The van der Waals surface area contributed by atoms with Crippen molar-refractivity contribution in [3.63, 3.8) is 0 Å². The fourth-order valence-corrected chi connectivity index (χ4v) is 13.3. The van der Waals surface area contributed by atoms with Gasteiger partial charge in [-0.15, -0.1) is 0 Å². The topological polar surface area (TPSA) is 161 Å². The molecule has 1 saturated carbocycles. The van der Waals surface area contributed by atoms with Crippen LogP contribution in [-0.4, -0.2) is 208 Å². The Morgan fingerprint density at radius 3 is 1.26 bits per heavy atom. The van der Waals surface area contributed by atoms with Crippen LogP contribution in [-0.2, 0) is 35.0 Å². The van der Waals surface area contributed by atoms with E-state index in [1.54, 1.807) is 0 Å². The van der Waals surface area contributed by atoms with Crippen molar-refractivity contribution in [2.75, 3.05) is 65.5 Å². The Balaban J connectivity index is 0.000000474. The number of hydrogen-bond acceptors (Lipinski definition) is 16. The number of nitrogens with one attached hydrogen (secondary N) is 5. The summed E-state index contributed by atoms with van der Waals surface area (Å²) in [6, 6.07) is 42.3. The van der Waals surface area contributed by atoms with Gasteiger partial charge in [-0.25, -0.2) is 0 Å². The molecule has 3 aliphatic heterocycles. The highest BCUT2D eigenvalue weighted by molar-refractivity contribution is 5.85. The van der Waals surface area contributed by atoms with Crippen LogP contribution in [0.4, 0.5) is 0 Å². The van der Waals surface area contributed by atoms with Gasteiger partial charge in [0.15, 0.2) is 0 Å². The molecular weight excluding hydrogens is 1510 g/mol. The molecule has 1 unspecified atom stereocenters. The second-order valence-corrected chi connectivity index (χ2v) is 37.1. The van der Waals surface area contributed by atoms with Crippen molar-refractivity contribution in [1.82, 2.24) is 41.3 Å². The first-order valence-electron chi connectivity index (χ1n) is 46.5. The molecule has 1 aliphatic carbocycles. The average Bonchev–Trinajstić information content (AvgIpc) is 0.837. The van der Waals surface area contributed by atoms with Crippen molar-refractivity contribution in [2.45, 2.75) is 401 Å². The monoisotopic (exact) mass is 1680 g/mol. The summed E-state index contributed by atoms with van der Waals surface area (Å²) in [5, 5.41) is 19.1. The van der Waals surface area contributed by atoms with Crippen molar-refractivity contribution < 1.29 is 42.7 Å². The van der Waals surface area contributed by atoms with E-state index in [0.717, 1.165) is 94.1 Å². The number of piperidine rings is 1. The zero-order chi connectivity index (χ0) is 90.7. The molecule has 0 bridgehead atoms. The first-order valence-corrected chi connectivity index (χ1v) is 46.5. The van der Waals surface area contributed by atoms with Crippen LogP contribution in [0.15, 0.2) is 109 Å². The van der Waals surface area contributed by atoms with E-state index in [1.165, 1.54) is 71.7 Å². The SMILES string of the molecule is CC(C)NC1CCC(OC(C)C)CC1.CC(C)NCC#CCOC(C)C.CC(C)NCC#Cc1ccc2cc(OC(C)C)ccc2c1.CC(C)NCC(=O)N1CCC(OC(C)C)CC1.CC(C)NCc1ccc(-c2ccc(OC(C)C)cc2)cc1.CC(C)OC1CCN(C(C)C)C1.CC(C)OC1CN(C(C)C)C1.CC(C)Oc1ccc(C(C)C)cc1. The van der Waals surface area contributed by atoms with Crippen molar-refractivity contribution in [1.29, 1.82) is 0 Å². The first-order chi connectivity index (χ1) is 57.0. The predicted octanol–water partition coefficient (Wildman–Crippen LogP) is 21.1. The van der Waals surface area contributed by atoms with Crippen molar-refractivity contribution in [3.8, 4) is 52.1 Å². The summed E-state index contributed by atoms with van der Waals surface area (Å²) in [6.07, 6.45) is 12.3. The lowest BCUT2D eigenvalue weighted by Crippen LogP contribution is -2.55. The number of ether oxygens (including phenoxy) is 8.